The molecule has 0 amide bonds. The third kappa shape index (κ3) is 1.47. The second-order valence-electron chi connectivity index (χ2n) is 3.86. The molecule has 0 unspecified atom stereocenters. The molecule has 7 heteroatoms. The van der Waals surface area contributed by atoms with Gasteiger partial charge >= 0.3 is 5.97 Å². The van der Waals surface area contributed by atoms with Crippen LogP contribution in [-0.4, -0.2) is 36.4 Å². The summed E-state index contributed by atoms with van der Waals surface area (Å²) in [7, 11) is 0. The van der Waals surface area contributed by atoms with Crippen molar-refractivity contribution in [1.29, 1.82) is 0 Å². The molecule has 0 bridgehead atoms. The minimum Gasteiger partial charge on any atom is -0.475 e. The normalized spacial score (nSPS) is 14.9. The van der Waals surface area contributed by atoms with E-state index in [1.165, 1.54) is 10.7 Å². The predicted octanol–water partition coefficient (Wildman–Crippen LogP) is 0.341. The first-order valence-corrected chi connectivity index (χ1v) is 5.18. The summed E-state index contributed by atoms with van der Waals surface area (Å²) >= 11 is 0. The van der Waals surface area contributed by atoms with E-state index in [1.807, 2.05) is 0 Å². The lowest BCUT2D eigenvalue weighted by Gasteiger charge is -2.12. The van der Waals surface area contributed by atoms with Crippen molar-refractivity contribution in [3.05, 3.63) is 23.3 Å². The summed E-state index contributed by atoms with van der Waals surface area (Å²) in [6.07, 6.45) is 3.50. The van der Waals surface area contributed by atoms with Crippen LogP contribution in [0.1, 0.15) is 39.5 Å². The van der Waals surface area contributed by atoms with Crippen LogP contribution in [0.15, 0.2) is 6.20 Å². The molecule has 1 aliphatic rings. The van der Waals surface area contributed by atoms with Crippen LogP contribution < -0.4 is 0 Å². The van der Waals surface area contributed by atoms with Crippen LogP contribution in [0.25, 0.3) is 5.78 Å². The number of ketones is 1. The number of Topliss-reactive ketones (excluding diaryl/α,β-unsaturated/α-hetero) is 1. The standard InChI is InChI=1S/C10H8N4O3/c15-7-3-1-2-6-5(7)4-14-10(11-6)12-8(13-14)9(16)17/h4H,1-3H2,(H,16,17). The van der Waals surface area contributed by atoms with E-state index in [-0.39, 0.29) is 17.4 Å². The molecule has 0 radical (unpaired) electrons. The van der Waals surface area contributed by atoms with Gasteiger partial charge < -0.3 is 5.11 Å². The van der Waals surface area contributed by atoms with Gasteiger partial charge in [-0.1, -0.05) is 0 Å². The highest BCUT2D eigenvalue weighted by Gasteiger charge is 2.21. The molecule has 17 heavy (non-hydrogen) atoms. The fraction of sp³-hybridized carbons (Fsp3) is 0.300. The Morgan fingerprint density at radius 2 is 2.18 bits per heavy atom. The van der Waals surface area contributed by atoms with Gasteiger partial charge in [0.25, 0.3) is 11.6 Å². The Hall–Kier alpha value is -2.31. The molecule has 0 aliphatic heterocycles. The molecule has 0 atom stereocenters. The second kappa shape index (κ2) is 3.34. The number of carboxylic acids is 1. The number of hydrogen-bond donors (Lipinski definition) is 1. The van der Waals surface area contributed by atoms with Crippen LogP contribution >= 0.6 is 0 Å². The minimum absolute atomic E-state index is 0.0213. The van der Waals surface area contributed by atoms with Crippen molar-refractivity contribution >= 4 is 17.5 Å². The number of aromatic nitrogens is 4. The lowest BCUT2D eigenvalue weighted by atomic mass is 9.96. The third-order valence-corrected chi connectivity index (χ3v) is 2.72. The summed E-state index contributed by atoms with van der Waals surface area (Å²) in [6, 6.07) is 0. The summed E-state index contributed by atoms with van der Waals surface area (Å²) in [6.45, 7) is 0. The van der Waals surface area contributed by atoms with Crippen molar-refractivity contribution in [2.24, 2.45) is 0 Å². The van der Waals surface area contributed by atoms with Gasteiger partial charge in [0.15, 0.2) is 5.78 Å². The van der Waals surface area contributed by atoms with Crippen molar-refractivity contribution in [1.82, 2.24) is 19.6 Å². The van der Waals surface area contributed by atoms with Crippen molar-refractivity contribution in [2.75, 3.05) is 0 Å². The third-order valence-electron chi connectivity index (χ3n) is 2.72. The summed E-state index contributed by atoms with van der Waals surface area (Å²) in [4.78, 5) is 30.3. The molecular weight excluding hydrogens is 224 g/mol. The summed E-state index contributed by atoms with van der Waals surface area (Å²) in [5.74, 6) is -1.28. The maximum Gasteiger partial charge on any atom is 0.375 e. The molecule has 3 rings (SSSR count). The van der Waals surface area contributed by atoms with Crippen molar-refractivity contribution in [3.8, 4) is 0 Å². The van der Waals surface area contributed by atoms with E-state index in [9.17, 15) is 9.59 Å². The number of rotatable bonds is 1. The molecule has 1 N–H and O–H groups in total. The van der Waals surface area contributed by atoms with Crippen molar-refractivity contribution in [3.63, 3.8) is 0 Å². The van der Waals surface area contributed by atoms with Crippen LogP contribution in [0.3, 0.4) is 0 Å². The van der Waals surface area contributed by atoms with E-state index in [2.05, 4.69) is 15.1 Å². The monoisotopic (exact) mass is 232 g/mol. The highest BCUT2D eigenvalue weighted by molar-refractivity contribution is 5.97. The first-order chi connectivity index (χ1) is 8.15. The molecule has 7 nitrogen and oxygen atoms in total. The number of carboxylic acid groups (broad SMARTS) is 1. The Kier molecular flexibility index (Phi) is 1.94. The average Bonchev–Trinajstić information content (AvgIpc) is 2.70. The molecule has 0 aromatic carbocycles. The van der Waals surface area contributed by atoms with Gasteiger partial charge in [-0.05, 0) is 12.8 Å². The zero-order valence-electron chi connectivity index (χ0n) is 8.75. The molecular formula is C10H8N4O3. The molecule has 0 saturated heterocycles. The fourth-order valence-corrected chi connectivity index (χ4v) is 1.92. The summed E-state index contributed by atoms with van der Waals surface area (Å²) in [5, 5.41) is 12.5. The van der Waals surface area contributed by atoms with Crippen LogP contribution in [0.4, 0.5) is 0 Å². The zero-order valence-corrected chi connectivity index (χ0v) is 8.75. The number of hydrogen-bond acceptors (Lipinski definition) is 5. The minimum atomic E-state index is -1.21. The Morgan fingerprint density at radius 3 is 2.94 bits per heavy atom. The molecule has 0 spiro atoms. The molecule has 86 valence electrons. The SMILES string of the molecule is O=C(O)c1nc2nc3c(cn2n1)C(=O)CCC3. The van der Waals surface area contributed by atoms with Gasteiger partial charge in [0.05, 0.1) is 11.3 Å². The lowest BCUT2D eigenvalue weighted by Crippen LogP contribution is -2.14. The maximum atomic E-state index is 11.7. The Morgan fingerprint density at radius 1 is 1.35 bits per heavy atom. The highest BCUT2D eigenvalue weighted by Crippen LogP contribution is 2.19. The van der Waals surface area contributed by atoms with Gasteiger partial charge in [-0.25, -0.2) is 14.3 Å². The van der Waals surface area contributed by atoms with E-state index < -0.39 is 5.97 Å². The Bertz CT molecular complexity index is 646. The summed E-state index contributed by atoms with van der Waals surface area (Å²) < 4.78 is 1.24. The first kappa shape index (κ1) is 9.88. The molecule has 2 heterocycles. The zero-order chi connectivity index (χ0) is 12.0. The number of carbonyl (C=O) groups excluding carboxylic acids is 1. The van der Waals surface area contributed by atoms with E-state index in [0.717, 1.165) is 6.42 Å². The molecule has 0 fully saturated rings. The van der Waals surface area contributed by atoms with Gasteiger partial charge in [-0.2, -0.15) is 4.98 Å². The van der Waals surface area contributed by atoms with Crippen LogP contribution in [0, 0.1) is 0 Å². The number of nitrogens with zero attached hydrogens (tertiary/aromatic N) is 4. The number of carbonyl (C=O) groups is 2. The van der Waals surface area contributed by atoms with E-state index in [0.29, 0.717) is 24.1 Å². The van der Waals surface area contributed by atoms with E-state index in [1.54, 1.807) is 0 Å². The molecule has 2 aromatic rings. The number of fused-ring (bicyclic) bond motifs is 2. The topological polar surface area (TPSA) is 97.4 Å². The highest BCUT2D eigenvalue weighted by atomic mass is 16.4. The smallest absolute Gasteiger partial charge is 0.375 e. The number of aromatic carboxylic acids is 1. The van der Waals surface area contributed by atoms with Gasteiger partial charge in [0.2, 0.25) is 0 Å². The second-order valence-corrected chi connectivity index (χ2v) is 3.86. The fourth-order valence-electron chi connectivity index (χ4n) is 1.92. The van der Waals surface area contributed by atoms with Gasteiger partial charge in [0, 0.05) is 12.6 Å². The Balaban J connectivity index is 2.24. The maximum absolute atomic E-state index is 11.7. The average molecular weight is 232 g/mol. The number of aryl methyl sites for hydroxylation is 1. The lowest BCUT2D eigenvalue weighted by molar-refractivity contribution is 0.0683. The summed E-state index contributed by atoms with van der Waals surface area (Å²) in [5.41, 5.74) is 1.20. The predicted molar refractivity (Wildman–Crippen MR) is 55.0 cm³/mol. The van der Waals surface area contributed by atoms with Crippen LogP contribution in [-0.2, 0) is 6.42 Å². The van der Waals surface area contributed by atoms with E-state index >= 15 is 0 Å². The molecule has 0 saturated carbocycles. The van der Waals surface area contributed by atoms with Gasteiger partial charge in [-0.15, -0.1) is 5.10 Å². The van der Waals surface area contributed by atoms with Gasteiger partial charge in [0.1, 0.15) is 0 Å². The first-order valence-electron chi connectivity index (χ1n) is 5.18. The largest absolute Gasteiger partial charge is 0.475 e. The molecule has 2 aromatic heterocycles. The van der Waals surface area contributed by atoms with Crippen LogP contribution in [0.5, 0.6) is 0 Å². The van der Waals surface area contributed by atoms with Crippen molar-refractivity contribution in [2.45, 2.75) is 19.3 Å². The van der Waals surface area contributed by atoms with Crippen molar-refractivity contribution < 1.29 is 14.7 Å². The molecule has 1 aliphatic carbocycles. The van der Waals surface area contributed by atoms with Gasteiger partial charge in [-0.3, -0.25) is 4.79 Å². The van der Waals surface area contributed by atoms with Crippen LogP contribution in [0.2, 0.25) is 0 Å². The van der Waals surface area contributed by atoms with E-state index in [4.69, 9.17) is 5.11 Å². The Labute approximate surface area is 95.1 Å². The quantitative estimate of drug-likeness (QED) is 0.761.